The van der Waals surface area contributed by atoms with E-state index in [1.165, 1.54) is 40.6 Å². The van der Waals surface area contributed by atoms with E-state index in [0.29, 0.717) is 18.9 Å². The molecule has 29 heavy (non-hydrogen) atoms. The molecular formula is C17H26NO9RfSi-. The minimum atomic E-state index is -2.66. The minimum absolute atomic E-state index is 0. The quantitative estimate of drug-likeness (QED) is 0.0774. The van der Waals surface area contributed by atoms with Gasteiger partial charge in [-0.2, -0.15) is 7.11 Å². The summed E-state index contributed by atoms with van der Waals surface area (Å²) in [7, 11) is 6.55. The van der Waals surface area contributed by atoms with E-state index in [2.05, 4.69) is 7.11 Å². The van der Waals surface area contributed by atoms with Gasteiger partial charge in [0.05, 0.1) is 23.7 Å². The first-order valence-electron chi connectivity index (χ1n) is 8.44. The number of esters is 1. The first kappa shape index (κ1) is 25.8. The van der Waals surface area contributed by atoms with Crippen molar-refractivity contribution in [3.8, 4) is 11.5 Å². The Morgan fingerprint density at radius 1 is 1.10 bits per heavy atom. The standard InChI is InChI=1S/C17H26NO9Si.Rf/c1-22-15-10-13(14(18(20)21)11-16(15)23-2)12-27-17(19)8-6-7-9-28(24-3,25-4)26-5;/h10-11H,2,6-9,12H2,1,3-5H3;/q-1;. The summed E-state index contributed by atoms with van der Waals surface area (Å²) in [5, 5.41) is 11.2. The number of nitro benzene ring substituents is 1. The molecular weight excluding hydrogens is 657 g/mol. The van der Waals surface area contributed by atoms with Crippen LogP contribution in [0.4, 0.5) is 5.69 Å². The predicted molar refractivity (Wildman–Crippen MR) is 101 cm³/mol. The third kappa shape index (κ3) is 7.03. The number of nitrogens with zero attached hydrogens (tertiary/aromatic N) is 1. The fourth-order valence-corrected chi connectivity index (χ4v) is 4.34. The molecule has 0 unspecified atom stereocenters. The summed E-state index contributed by atoms with van der Waals surface area (Å²) < 4.78 is 31.0. The van der Waals surface area contributed by atoms with Crippen molar-refractivity contribution in [1.82, 2.24) is 0 Å². The van der Waals surface area contributed by atoms with Crippen LogP contribution < -0.4 is 9.47 Å². The summed E-state index contributed by atoms with van der Waals surface area (Å²) in [6.45, 7) is -0.254. The Bertz CT molecular complexity index is 662. The molecule has 0 fully saturated rings. The Morgan fingerprint density at radius 2 is 1.72 bits per heavy atom. The smallest absolute Gasteiger partial charge is 0.500 e. The Kier molecular flexibility index (Phi) is 10.9. The molecule has 160 valence electrons. The maximum Gasteiger partial charge on any atom is 0.500 e. The molecule has 10 nitrogen and oxygen atoms in total. The van der Waals surface area contributed by atoms with Gasteiger partial charge in [-0.15, -0.1) is 0 Å². The van der Waals surface area contributed by atoms with Crippen LogP contribution in [0.25, 0.3) is 0 Å². The molecule has 0 bridgehead atoms. The SMILES string of the molecule is [CH2-]Oc1cc([N+](=O)[O-])c(COC(=O)CCCC[Si](OC)(OC)OC)cc1OC.[Rf]. The van der Waals surface area contributed by atoms with Crippen molar-refractivity contribution in [2.45, 2.75) is 31.9 Å². The van der Waals surface area contributed by atoms with Gasteiger partial charge in [-0.25, -0.2) is 0 Å². The number of nitro groups is 1. The molecule has 0 radical (unpaired) electrons. The molecule has 0 aliphatic rings. The van der Waals surface area contributed by atoms with Crippen molar-refractivity contribution in [1.29, 1.82) is 0 Å². The van der Waals surface area contributed by atoms with Crippen molar-refractivity contribution in [3.05, 3.63) is 34.9 Å². The number of unbranched alkanes of at least 4 members (excludes halogenated alkanes) is 1. The zero-order valence-corrected chi connectivity index (χ0v) is 24.6. The van der Waals surface area contributed by atoms with Crippen LogP contribution >= 0.6 is 0 Å². The Balaban J connectivity index is 0.00000784. The molecule has 1 aromatic rings. The zero-order chi connectivity index (χ0) is 21.2. The maximum absolute atomic E-state index is 12.0. The second kappa shape index (κ2) is 12.3. The molecule has 0 saturated carbocycles. The van der Waals surface area contributed by atoms with Gasteiger partial charge in [-0.3, -0.25) is 14.9 Å². The van der Waals surface area contributed by atoms with Gasteiger partial charge in [-0.05, 0) is 18.9 Å². The Morgan fingerprint density at radius 3 is 2.21 bits per heavy atom. The second-order valence-corrected chi connectivity index (χ2v) is 8.79. The van der Waals surface area contributed by atoms with Gasteiger partial charge in [-0.1, -0.05) is 0 Å². The van der Waals surface area contributed by atoms with E-state index in [1.807, 2.05) is 0 Å². The average Bonchev–Trinajstić information content (AvgIpc) is 2.72. The van der Waals surface area contributed by atoms with Crippen LogP contribution in [0.3, 0.4) is 0 Å². The number of carbonyl (C=O) groups is 1. The van der Waals surface area contributed by atoms with Crippen LogP contribution in [0, 0.1) is 17.2 Å². The summed E-state index contributed by atoms with van der Waals surface area (Å²) in [6.07, 6.45) is 1.36. The summed E-state index contributed by atoms with van der Waals surface area (Å²) in [6, 6.07) is 3.14. The number of ether oxygens (including phenoxy) is 3. The normalized spacial score (nSPS) is 10.8. The van der Waals surface area contributed by atoms with Crippen molar-refractivity contribution in [2.24, 2.45) is 0 Å². The molecule has 12 heteroatoms. The van der Waals surface area contributed by atoms with E-state index in [0.717, 1.165) is 0 Å². The monoisotopic (exact) mass is 683 g/mol. The minimum Gasteiger partial charge on any atom is -0.663 e. The fourth-order valence-electron chi connectivity index (χ4n) is 2.55. The number of carbonyl (C=O) groups excluding carboxylic acids is 1. The van der Waals surface area contributed by atoms with Crippen LogP contribution in [0.1, 0.15) is 24.8 Å². The molecule has 0 aliphatic heterocycles. The second-order valence-electron chi connectivity index (χ2n) is 5.70. The van der Waals surface area contributed by atoms with Gasteiger partial charge in [0.1, 0.15) is 12.4 Å². The van der Waals surface area contributed by atoms with Crippen LogP contribution in [-0.4, -0.2) is 48.1 Å². The Labute approximate surface area is 165 Å². The van der Waals surface area contributed by atoms with Crippen molar-refractivity contribution >= 4 is 20.5 Å². The first-order valence-corrected chi connectivity index (χ1v) is 10.4. The molecule has 0 heterocycles. The summed E-state index contributed by atoms with van der Waals surface area (Å²) >= 11 is 0. The van der Waals surface area contributed by atoms with E-state index in [-0.39, 0.29) is 35.8 Å². The van der Waals surface area contributed by atoms with Crippen molar-refractivity contribution in [3.63, 3.8) is 0 Å². The van der Waals surface area contributed by atoms with E-state index in [4.69, 9.17) is 27.5 Å². The van der Waals surface area contributed by atoms with Crippen LogP contribution in [0.15, 0.2) is 12.1 Å². The zero-order valence-electron chi connectivity index (χ0n) is 17.2. The van der Waals surface area contributed by atoms with Gasteiger partial charge in [0.15, 0.2) is 5.75 Å². The Hall–Kier alpha value is -3.21. The molecule has 0 atom stereocenters. The molecule has 0 aliphatic carbocycles. The van der Waals surface area contributed by atoms with E-state index in [1.54, 1.807) is 0 Å². The van der Waals surface area contributed by atoms with Crippen LogP contribution in [0.2, 0.25) is 6.04 Å². The number of hydrogen-bond acceptors (Lipinski definition) is 9. The van der Waals surface area contributed by atoms with E-state index in [9.17, 15) is 14.9 Å². The number of hydrogen-bond donors (Lipinski definition) is 0. The van der Waals surface area contributed by atoms with Gasteiger partial charge in [0, 0.05) is 33.8 Å². The predicted octanol–water partition coefficient (Wildman–Crippen LogP) is 2.87. The van der Waals surface area contributed by atoms with Crippen LogP contribution in [0.5, 0.6) is 11.5 Å². The van der Waals surface area contributed by atoms with E-state index >= 15 is 0 Å². The molecule has 0 spiro atoms. The number of benzene rings is 1. The molecule has 1 aromatic carbocycles. The third-order valence-corrected chi connectivity index (χ3v) is 6.98. The third-order valence-electron chi connectivity index (χ3n) is 4.15. The topological polar surface area (TPSA) is 116 Å². The summed E-state index contributed by atoms with van der Waals surface area (Å²) in [5.74, 6) is -0.0942. The number of rotatable bonds is 13. The van der Waals surface area contributed by atoms with Gasteiger partial charge >= 0.3 is 14.8 Å². The van der Waals surface area contributed by atoms with Gasteiger partial charge in [0.2, 0.25) is 0 Å². The molecule has 0 aromatic heterocycles. The largest absolute Gasteiger partial charge is 0.663 e. The number of methoxy groups -OCH3 is 1. The van der Waals surface area contributed by atoms with Crippen LogP contribution in [-0.2, 0) is 29.4 Å². The fraction of sp³-hybridized carbons (Fsp3) is 0.529. The first-order chi connectivity index (χ1) is 13.4. The van der Waals surface area contributed by atoms with E-state index < -0.39 is 19.7 Å². The molecule has 0 amide bonds. The van der Waals surface area contributed by atoms with Gasteiger partial charge < -0.3 is 27.5 Å². The summed E-state index contributed by atoms with van der Waals surface area (Å²) in [4.78, 5) is 22.6. The van der Waals surface area contributed by atoms with Crippen molar-refractivity contribution in [2.75, 3.05) is 28.4 Å². The average molecular weight is 683 g/mol. The van der Waals surface area contributed by atoms with Gasteiger partial charge in [0.25, 0.3) is 5.69 Å². The summed E-state index contributed by atoms with van der Waals surface area (Å²) in [5.41, 5.74) is -0.0520. The molecule has 0 saturated heterocycles. The molecule has 0 N–H and O–H groups in total. The maximum atomic E-state index is 12.0. The molecule has 1 rings (SSSR count). The van der Waals surface area contributed by atoms with Crippen molar-refractivity contribution < 1.29 is 37.2 Å².